The van der Waals surface area contributed by atoms with E-state index in [1.807, 2.05) is 4.72 Å². The molecule has 0 unspecified atom stereocenters. The van der Waals surface area contributed by atoms with Crippen LogP contribution in [-0.4, -0.2) is 43.9 Å². The topological polar surface area (TPSA) is 138 Å². The van der Waals surface area contributed by atoms with E-state index in [0.717, 1.165) is 6.26 Å². The first kappa shape index (κ1) is 27.1. The van der Waals surface area contributed by atoms with E-state index in [1.165, 1.54) is 47.5 Å². The number of aromatic hydroxyl groups is 1. The second-order valence-electron chi connectivity index (χ2n) is 8.59. The number of amides is 1. The van der Waals surface area contributed by atoms with Gasteiger partial charge in [-0.3, -0.25) is 9.59 Å². The third-order valence-electron chi connectivity index (χ3n) is 5.85. The predicted molar refractivity (Wildman–Crippen MR) is 134 cm³/mol. The number of phenolic OH excluding ortho intramolecular Hbond substituents is 1. The Balaban J connectivity index is 1.84. The lowest BCUT2D eigenvalue weighted by atomic mass is 10.0. The summed E-state index contributed by atoms with van der Waals surface area (Å²) in [6.45, 7) is -2.93. The van der Waals surface area contributed by atoms with Crippen molar-refractivity contribution >= 4 is 27.3 Å². The predicted octanol–water partition coefficient (Wildman–Crippen LogP) is 3.56. The Labute approximate surface area is 216 Å². The van der Waals surface area contributed by atoms with Crippen molar-refractivity contribution < 1.29 is 36.6 Å². The fraction of sp³-hybridized carbons (Fsp3) is 0.280. The van der Waals surface area contributed by atoms with Crippen LogP contribution in [0, 0.1) is 0 Å². The molecule has 202 valence electrons. The van der Waals surface area contributed by atoms with Crippen LogP contribution < -0.4 is 19.9 Å². The highest BCUT2D eigenvalue weighted by atomic mass is 32.2. The van der Waals surface area contributed by atoms with Gasteiger partial charge in [0, 0.05) is 29.6 Å². The van der Waals surface area contributed by atoms with Gasteiger partial charge < -0.3 is 24.5 Å². The summed E-state index contributed by atoms with van der Waals surface area (Å²) in [4.78, 5) is 28.8. The summed E-state index contributed by atoms with van der Waals surface area (Å²) in [6, 6.07) is 11.5. The van der Waals surface area contributed by atoms with E-state index in [4.69, 9.17) is 9.47 Å². The van der Waals surface area contributed by atoms with Crippen LogP contribution >= 0.6 is 0 Å². The summed E-state index contributed by atoms with van der Waals surface area (Å²) < 4.78 is 62.5. The van der Waals surface area contributed by atoms with Crippen molar-refractivity contribution in [2.24, 2.45) is 0 Å². The van der Waals surface area contributed by atoms with Gasteiger partial charge in [-0.2, -0.15) is 8.78 Å². The van der Waals surface area contributed by atoms with E-state index in [2.05, 4.69) is 4.98 Å². The third kappa shape index (κ3) is 6.29. The highest BCUT2D eigenvalue weighted by molar-refractivity contribution is 7.89. The number of aromatic nitrogens is 1. The zero-order valence-electron chi connectivity index (χ0n) is 20.2. The van der Waals surface area contributed by atoms with Gasteiger partial charge >= 0.3 is 6.61 Å². The Hall–Kier alpha value is -3.97. The van der Waals surface area contributed by atoms with E-state index in [1.54, 1.807) is 12.1 Å². The van der Waals surface area contributed by atoms with E-state index in [0.29, 0.717) is 30.7 Å². The molecule has 0 spiro atoms. The van der Waals surface area contributed by atoms with E-state index >= 15 is 0 Å². The Morgan fingerprint density at radius 3 is 2.58 bits per heavy atom. The number of nitrogens with one attached hydrogen (secondary N) is 2. The minimum atomic E-state index is -3.79. The number of hydrogen-bond donors (Lipinski definition) is 3. The molecule has 0 aliphatic carbocycles. The smallest absolute Gasteiger partial charge is 0.387 e. The maximum atomic E-state index is 13.6. The van der Waals surface area contributed by atoms with Crippen LogP contribution in [0.25, 0.3) is 0 Å². The molecule has 4 rings (SSSR count). The quantitative estimate of drug-likeness (QED) is 0.368. The second-order valence-corrected chi connectivity index (χ2v) is 10.3. The van der Waals surface area contributed by atoms with Gasteiger partial charge in [-0.15, -0.1) is 0 Å². The van der Waals surface area contributed by atoms with Crippen LogP contribution in [0.5, 0.6) is 11.5 Å². The van der Waals surface area contributed by atoms with Crippen LogP contribution in [0.15, 0.2) is 59.5 Å². The number of phenols is 1. The molecule has 1 aromatic heterocycles. The molecule has 1 aliphatic rings. The summed E-state index contributed by atoms with van der Waals surface area (Å²) in [6.07, 6.45) is 2.78. The van der Waals surface area contributed by atoms with Gasteiger partial charge in [-0.05, 0) is 55.3 Å². The third-order valence-corrected chi connectivity index (χ3v) is 6.41. The van der Waals surface area contributed by atoms with E-state index in [-0.39, 0.29) is 34.9 Å². The number of aromatic amines is 1. The molecule has 1 saturated heterocycles. The van der Waals surface area contributed by atoms with Gasteiger partial charge in [0.15, 0.2) is 5.75 Å². The fourth-order valence-electron chi connectivity index (χ4n) is 4.21. The highest BCUT2D eigenvalue weighted by Crippen LogP contribution is 2.47. The number of pyridine rings is 1. The number of H-pyrrole nitrogens is 1. The molecule has 13 heteroatoms. The number of benzene rings is 2. The van der Waals surface area contributed by atoms with Crippen molar-refractivity contribution in [1.82, 2.24) is 9.71 Å². The number of sulfonamides is 1. The molecule has 3 aromatic rings. The number of anilines is 2. The van der Waals surface area contributed by atoms with E-state index < -0.39 is 34.2 Å². The number of nitrogens with zero attached hydrogens (tertiary/aromatic N) is 1. The van der Waals surface area contributed by atoms with Gasteiger partial charge in [0.2, 0.25) is 10.0 Å². The highest BCUT2D eigenvalue weighted by Gasteiger charge is 2.30. The molecule has 1 aliphatic heterocycles. The molecule has 0 bridgehead atoms. The summed E-state index contributed by atoms with van der Waals surface area (Å²) in [5.41, 5.74) is 0.470. The Morgan fingerprint density at radius 1 is 1.24 bits per heavy atom. The van der Waals surface area contributed by atoms with E-state index in [9.17, 15) is 31.9 Å². The average Bonchev–Trinajstić information content (AvgIpc) is 3.37. The summed E-state index contributed by atoms with van der Waals surface area (Å²) in [7, 11) is -3.79. The summed E-state index contributed by atoms with van der Waals surface area (Å²) in [5, 5.41) is 10.6. The monoisotopic (exact) mass is 549 g/mol. The van der Waals surface area contributed by atoms with Crippen LogP contribution in [0.2, 0.25) is 0 Å². The van der Waals surface area contributed by atoms with Crippen molar-refractivity contribution in [3.05, 3.63) is 81.8 Å². The normalized spacial score (nSPS) is 15.4. The molecular weight excluding hydrogens is 524 g/mol. The summed E-state index contributed by atoms with van der Waals surface area (Å²) in [5.74, 6) is -1.43. The number of rotatable bonds is 9. The maximum Gasteiger partial charge on any atom is 0.387 e. The Kier molecular flexibility index (Phi) is 7.97. The van der Waals surface area contributed by atoms with Crippen molar-refractivity contribution in [2.75, 3.05) is 17.8 Å². The molecule has 2 aromatic carbocycles. The first-order chi connectivity index (χ1) is 18.0. The molecule has 1 amide bonds. The lowest BCUT2D eigenvalue weighted by molar-refractivity contribution is -0.0516. The molecule has 0 radical (unpaired) electrons. The lowest BCUT2D eigenvalue weighted by Crippen LogP contribution is -2.29. The number of halogens is 2. The van der Waals surface area contributed by atoms with Gasteiger partial charge in [0.25, 0.3) is 11.5 Å². The number of ether oxygens (including phenoxy) is 2. The molecule has 1 fully saturated rings. The van der Waals surface area contributed by atoms with Crippen LogP contribution in [-0.2, 0) is 21.3 Å². The zero-order chi connectivity index (χ0) is 27.4. The standard InChI is InChI=1S/C25H25F2N3O7S/c1-38(34,35)29-24(33)15-6-8-17(9-7-15)30(14-16-4-2-12-28-23(16)32)18-10-11-19(31)21(20-5-3-13-36-20)22(18)37-25(26)27/h2,4,6-12,20,25,31H,3,5,13-14H2,1H3,(H,28,32)(H,29,33)/t20-/m1/s1. The Morgan fingerprint density at radius 2 is 1.97 bits per heavy atom. The molecule has 1 atom stereocenters. The SMILES string of the molecule is CS(=O)(=O)NC(=O)c1ccc(N(Cc2ccc[nH]c2=O)c2ccc(O)c([C@H]3CCCO3)c2OC(F)F)cc1. The van der Waals surface area contributed by atoms with Gasteiger partial charge in [-0.1, -0.05) is 6.07 Å². The minimum Gasteiger partial charge on any atom is -0.507 e. The molecule has 10 nitrogen and oxygen atoms in total. The van der Waals surface area contributed by atoms with Crippen molar-refractivity contribution in [1.29, 1.82) is 0 Å². The zero-order valence-corrected chi connectivity index (χ0v) is 21.0. The second kappa shape index (κ2) is 11.2. The molecular formula is C25H25F2N3O7S. The van der Waals surface area contributed by atoms with Crippen molar-refractivity contribution in [2.45, 2.75) is 32.1 Å². The van der Waals surface area contributed by atoms with Crippen LogP contribution in [0.4, 0.5) is 20.2 Å². The maximum absolute atomic E-state index is 13.6. The number of alkyl halides is 2. The first-order valence-electron chi connectivity index (χ1n) is 11.5. The van der Waals surface area contributed by atoms with Gasteiger partial charge in [0.05, 0.1) is 30.2 Å². The lowest BCUT2D eigenvalue weighted by Gasteiger charge is -2.29. The molecule has 2 heterocycles. The minimum absolute atomic E-state index is 0.0338. The summed E-state index contributed by atoms with van der Waals surface area (Å²) >= 11 is 0. The van der Waals surface area contributed by atoms with Gasteiger partial charge in [0.1, 0.15) is 5.75 Å². The largest absolute Gasteiger partial charge is 0.507 e. The molecule has 0 saturated carbocycles. The fourth-order valence-corrected chi connectivity index (χ4v) is 4.66. The number of hydrogen-bond acceptors (Lipinski definition) is 8. The van der Waals surface area contributed by atoms with Crippen molar-refractivity contribution in [3.63, 3.8) is 0 Å². The van der Waals surface area contributed by atoms with Crippen LogP contribution in [0.1, 0.15) is 40.4 Å². The Bertz CT molecular complexity index is 1470. The van der Waals surface area contributed by atoms with Crippen LogP contribution in [0.3, 0.4) is 0 Å². The number of carbonyl (C=O) groups is 1. The molecule has 38 heavy (non-hydrogen) atoms. The van der Waals surface area contributed by atoms with Crippen molar-refractivity contribution in [3.8, 4) is 11.5 Å². The van der Waals surface area contributed by atoms with Gasteiger partial charge in [-0.25, -0.2) is 13.1 Å². The molecule has 3 N–H and O–H groups in total. The first-order valence-corrected chi connectivity index (χ1v) is 13.4. The number of carbonyl (C=O) groups excluding carboxylic acids is 1. The average molecular weight is 550 g/mol.